The van der Waals surface area contributed by atoms with Gasteiger partial charge in [-0.2, -0.15) is 10.5 Å². The van der Waals surface area contributed by atoms with Crippen LogP contribution in [0.3, 0.4) is 0 Å². The van der Waals surface area contributed by atoms with Crippen molar-refractivity contribution in [3.8, 4) is 23.6 Å². The Bertz CT molecular complexity index is 802. The molecule has 24 heavy (non-hydrogen) atoms. The fourth-order valence-corrected chi connectivity index (χ4v) is 2.63. The van der Waals surface area contributed by atoms with E-state index in [1.165, 1.54) is 6.08 Å². The average Bonchev–Trinajstić information content (AvgIpc) is 2.60. The first-order valence-electron chi connectivity index (χ1n) is 7.33. The summed E-state index contributed by atoms with van der Waals surface area (Å²) in [4.78, 5) is 0. The standard InChI is InChI=1S/C19H15BrN2O2/c1-2-23-18-10-15(8-16(11-21)12-22)9-17(20)19(18)24-13-14-6-4-3-5-7-14/h3-10H,2,13H2,1H3. The van der Waals surface area contributed by atoms with Gasteiger partial charge in [0.05, 0.1) is 11.1 Å². The van der Waals surface area contributed by atoms with E-state index in [4.69, 9.17) is 20.0 Å². The zero-order valence-electron chi connectivity index (χ0n) is 13.1. The van der Waals surface area contributed by atoms with E-state index in [2.05, 4.69) is 15.9 Å². The minimum Gasteiger partial charge on any atom is -0.490 e. The van der Waals surface area contributed by atoms with Gasteiger partial charge in [0.15, 0.2) is 11.5 Å². The van der Waals surface area contributed by atoms with E-state index in [1.54, 1.807) is 12.1 Å². The van der Waals surface area contributed by atoms with Gasteiger partial charge in [-0.3, -0.25) is 0 Å². The van der Waals surface area contributed by atoms with E-state index in [0.29, 0.717) is 34.7 Å². The third kappa shape index (κ3) is 4.62. The summed E-state index contributed by atoms with van der Waals surface area (Å²) in [5.74, 6) is 1.15. The molecule has 0 saturated carbocycles. The van der Waals surface area contributed by atoms with Gasteiger partial charge in [-0.05, 0) is 52.2 Å². The van der Waals surface area contributed by atoms with Crippen LogP contribution in [-0.4, -0.2) is 6.61 Å². The highest BCUT2D eigenvalue weighted by Crippen LogP contribution is 2.38. The summed E-state index contributed by atoms with van der Waals surface area (Å²) in [6, 6.07) is 17.1. The van der Waals surface area contributed by atoms with E-state index in [1.807, 2.05) is 49.4 Å². The van der Waals surface area contributed by atoms with Crippen molar-refractivity contribution >= 4 is 22.0 Å². The quantitative estimate of drug-likeness (QED) is 0.669. The molecule has 0 bridgehead atoms. The Balaban J connectivity index is 2.32. The zero-order chi connectivity index (χ0) is 17.4. The topological polar surface area (TPSA) is 66.0 Å². The van der Waals surface area contributed by atoms with Gasteiger partial charge >= 0.3 is 0 Å². The van der Waals surface area contributed by atoms with Gasteiger partial charge in [-0.15, -0.1) is 0 Å². The Hall–Kier alpha value is -2.76. The molecule has 0 aliphatic rings. The monoisotopic (exact) mass is 382 g/mol. The highest BCUT2D eigenvalue weighted by molar-refractivity contribution is 9.10. The van der Waals surface area contributed by atoms with Crippen molar-refractivity contribution < 1.29 is 9.47 Å². The normalized spacial score (nSPS) is 9.50. The zero-order valence-corrected chi connectivity index (χ0v) is 14.7. The molecule has 0 atom stereocenters. The molecule has 2 aromatic rings. The largest absolute Gasteiger partial charge is 0.490 e. The number of benzene rings is 2. The van der Waals surface area contributed by atoms with Crippen LogP contribution in [0.1, 0.15) is 18.1 Å². The second kappa shape index (κ2) is 8.76. The average molecular weight is 383 g/mol. The van der Waals surface area contributed by atoms with Gasteiger partial charge in [-0.25, -0.2) is 0 Å². The number of rotatable bonds is 6. The molecule has 0 saturated heterocycles. The summed E-state index contributed by atoms with van der Waals surface area (Å²) in [6.45, 7) is 2.77. The number of nitriles is 2. The molecule has 0 amide bonds. The highest BCUT2D eigenvalue weighted by atomic mass is 79.9. The van der Waals surface area contributed by atoms with Gasteiger partial charge in [0, 0.05) is 0 Å². The summed E-state index contributed by atoms with van der Waals surface area (Å²) < 4.78 is 12.2. The summed E-state index contributed by atoms with van der Waals surface area (Å²) >= 11 is 3.48. The van der Waals surface area contributed by atoms with E-state index >= 15 is 0 Å². The lowest BCUT2D eigenvalue weighted by Crippen LogP contribution is -2.01. The molecule has 2 aromatic carbocycles. The molecule has 2 rings (SSSR count). The molecule has 0 unspecified atom stereocenters. The third-order valence-electron chi connectivity index (χ3n) is 3.11. The summed E-state index contributed by atoms with van der Waals surface area (Å²) in [5, 5.41) is 17.8. The van der Waals surface area contributed by atoms with E-state index in [-0.39, 0.29) is 5.57 Å². The lowest BCUT2D eigenvalue weighted by Gasteiger charge is -2.14. The number of hydrogen-bond donors (Lipinski definition) is 0. The van der Waals surface area contributed by atoms with Gasteiger partial charge < -0.3 is 9.47 Å². The number of hydrogen-bond acceptors (Lipinski definition) is 4. The van der Waals surface area contributed by atoms with Gasteiger partial charge in [0.25, 0.3) is 0 Å². The lowest BCUT2D eigenvalue weighted by atomic mass is 10.1. The van der Waals surface area contributed by atoms with Crippen LogP contribution < -0.4 is 9.47 Å². The first-order chi connectivity index (χ1) is 11.7. The molecular weight excluding hydrogens is 368 g/mol. The number of nitrogens with zero attached hydrogens (tertiary/aromatic N) is 2. The molecule has 0 spiro atoms. The van der Waals surface area contributed by atoms with Crippen molar-refractivity contribution in [3.63, 3.8) is 0 Å². The van der Waals surface area contributed by atoms with Gasteiger partial charge in [0.2, 0.25) is 0 Å². The Morgan fingerprint density at radius 1 is 1.12 bits per heavy atom. The summed E-state index contributed by atoms with van der Waals surface area (Å²) in [6.07, 6.45) is 1.51. The van der Waals surface area contributed by atoms with E-state index < -0.39 is 0 Å². The Labute approximate surface area is 149 Å². The van der Waals surface area contributed by atoms with Crippen LogP contribution in [0.5, 0.6) is 11.5 Å². The van der Waals surface area contributed by atoms with Crippen LogP contribution in [0, 0.1) is 22.7 Å². The molecule has 0 N–H and O–H groups in total. The van der Waals surface area contributed by atoms with Crippen LogP contribution in [0.25, 0.3) is 6.08 Å². The summed E-state index contributed by atoms with van der Waals surface area (Å²) in [5.41, 5.74) is 1.77. The van der Waals surface area contributed by atoms with Crippen LogP contribution in [0.4, 0.5) is 0 Å². The first-order valence-corrected chi connectivity index (χ1v) is 8.12. The minimum atomic E-state index is 0.0299. The second-order valence-corrected chi connectivity index (χ2v) is 5.67. The molecule has 5 heteroatoms. The maximum atomic E-state index is 8.89. The van der Waals surface area contributed by atoms with Crippen LogP contribution in [0.15, 0.2) is 52.5 Å². The van der Waals surface area contributed by atoms with Gasteiger partial charge in [-0.1, -0.05) is 30.3 Å². The molecule has 0 aromatic heterocycles. The number of allylic oxidation sites excluding steroid dienone is 1. The molecule has 0 aliphatic carbocycles. The molecule has 0 radical (unpaired) electrons. The number of ether oxygens (including phenoxy) is 2. The predicted molar refractivity (Wildman–Crippen MR) is 95.3 cm³/mol. The minimum absolute atomic E-state index is 0.0299. The number of halogens is 1. The van der Waals surface area contributed by atoms with Gasteiger partial charge in [0.1, 0.15) is 24.3 Å². The fraction of sp³-hybridized carbons (Fsp3) is 0.158. The maximum Gasteiger partial charge on any atom is 0.175 e. The lowest BCUT2D eigenvalue weighted by molar-refractivity contribution is 0.267. The van der Waals surface area contributed by atoms with Crippen LogP contribution in [0.2, 0.25) is 0 Å². The fourth-order valence-electron chi connectivity index (χ4n) is 2.06. The van der Waals surface area contributed by atoms with Crippen molar-refractivity contribution in [2.24, 2.45) is 0 Å². The van der Waals surface area contributed by atoms with E-state index in [9.17, 15) is 0 Å². The third-order valence-corrected chi connectivity index (χ3v) is 3.70. The smallest absolute Gasteiger partial charge is 0.175 e. The molecule has 120 valence electrons. The molecular formula is C19H15BrN2O2. The molecule has 0 aliphatic heterocycles. The second-order valence-electron chi connectivity index (χ2n) is 4.82. The molecule has 0 fully saturated rings. The SMILES string of the molecule is CCOc1cc(C=C(C#N)C#N)cc(Br)c1OCc1ccccc1. The van der Waals surface area contributed by atoms with Crippen molar-refractivity contribution in [2.45, 2.75) is 13.5 Å². The first kappa shape index (κ1) is 17.6. The van der Waals surface area contributed by atoms with Crippen molar-refractivity contribution in [1.82, 2.24) is 0 Å². The molecule has 0 heterocycles. The predicted octanol–water partition coefficient (Wildman–Crippen LogP) is 4.86. The Morgan fingerprint density at radius 3 is 2.46 bits per heavy atom. The Kier molecular flexibility index (Phi) is 6.42. The van der Waals surface area contributed by atoms with Crippen LogP contribution in [-0.2, 0) is 6.61 Å². The highest BCUT2D eigenvalue weighted by Gasteiger charge is 2.12. The Morgan fingerprint density at radius 2 is 1.83 bits per heavy atom. The summed E-state index contributed by atoms with van der Waals surface area (Å²) in [7, 11) is 0. The molecule has 4 nitrogen and oxygen atoms in total. The van der Waals surface area contributed by atoms with Crippen molar-refractivity contribution in [1.29, 1.82) is 10.5 Å². The van der Waals surface area contributed by atoms with E-state index in [0.717, 1.165) is 5.56 Å². The van der Waals surface area contributed by atoms with Crippen molar-refractivity contribution in [3.05, 3.63) is 63.6 Å². The van der Waals surface area contributed by atoms with Crippen molar-refractivity contribution in [2.75, 3.05) is 6.61 Å². The van der Waals surface area contributed by atoms with Crippen LogP contribution >= 0.6 is 15.9 Å². The maximum absolute atomic E-state index is 8.89.